The van der Waals surface area contributed by atoms with E-state index >= 15 is 0 Å². The van der Waals surface area contributed by atoms with Crippen LogP contribution in [-0.2, 0) is 0 Å². The third-order valence-electron chi connectivity index (χ3n) is 7.42. The van der Waals surface area contributed by atoms with Gasteiger partial charge in [0.2, 0.25) is 7.28 Å². The number of methoxy groups -OCH3 is 1. The van der Waals surface area contributed by atoms with Crippen LogP contribution in [0, 0.1) is 12.8 Å². The molecule has 3 aliphatic rings. The van der Waals surface area contributed by atoms with Crippen molar-refractivity contribution in [2.24, 2.45) is 15.9 Å². The summed E-state index contributed by atoms with van der Waals surface area (Å²) in [5.74, 6) is 1.83. The number of pyridine rings is 1. The normalized spacial score (nSPS) is 17.6. The van der Waals surface area contributed by atoms with E-state index in [1.165, 1.54) is 12.8 Å². The van der Waals surface area contributed by atoms with E-state index in [1.807, 2.05) is 32.2 Å². The Labute approximate surface area is 236 Å². The molecule has 1 radical (unpaired) electrons. The molecule has 2 aliphatic carbocycles. The van der Waals surface area contributed by atoms with Crippen LogP contribution in [0.3, 0.4) is 0 Å². The summed E-state index contributed by atoms with van der Waals surface area (Å²) in [6.45, 7) is 7.18. The minimum atomic E-state index is -0.298. The summed E-state index contributed by atoms with van der Waals surface area (Å²) in [7, 11) is 3.87. The number of aliphatic imine (C=N–C) groups is 2. The minimum absolute atomic E-state index is 0.101. The number of benzene rings is 1. The second kappa shape index (κ2) is 12.1. The Bertz CT molecular complexity index is 1380. The van der Waals surface area contributed by atoms with Crippen LogP contribution < -0.4 is 14.9 Å². The summed E-state index contributed by atoms with van der Waals surface area (Å²) >= 11 is 6.43. The Kier molecular flexibility index (Phi) is 8.56. The molecule has 1 aromatic heterocycles. The van der Waals surface area contributed by atoms with Crippen LogP contribution in [0.5, 0.6) is 11.5 Å². The summed E-state index contributed by atoms with van der Waals surface area (Å²) in [6.07, 6.45) is 9.13. The van der Waals surface area contributed by atoms with Gasteiger partial charge >= 0.3 is 0 Å². The predicted octanol–water partition coefficient (Wildman–Crippen LogP) is 7.18. The molecule has 5 rings (SSSR count). The lowest BCUT2D eigenvalue weighted by atomic mass is 9.65. The molecule has 1 saturated carbocycles. The molecule has 8 heteroatoms. The number of allylic oxidation sites excluding steroid dienone is 4. The fraction of sp³-hybridized carbons (Fsp3) is 0.452. The van der Waals surface area contributed by atoms with Gasteiger partial charge in [0, 0.05) is 36.4 Å². The second-order valence-corrected chi connectivity index (χ2v) is 10.8. The number of hydrogen-bond donors (Lipinski definition) is 0. The number of fused-ring (bicyclic) bond motifs is 1. The molecule has 1 unspecified atom stereocenters. The van der Waals surface area contributed by atoms with Crippen LogP contribution >= 0.6 is 11.6 Å². The molecule has 1 fully saturated rings. The highest BCUT2D eigenvalue weighted by Crippen LogP contribution is 2.41. The number of ether oxygens (including phenoxy) is 2. The topological polar surface area (TPSA) is 56.1 Å². The number of halogens is 2. The molecule has 203 valence electrons. The van der Waals surface area contributed by atoms with Crippen molar-refractivity contribution in [3.63, 3.8) is 0 Å². The maximum Gasteiger partial charge on any atom is 0.214 e. The monoisotopic (exact) mass is 546 g/mol. The molecule has 1 aromatic carbocycles. The van der Waals surface area contributed by atoms with Crippen molar-refractivity contribution in [1.29, 1.82) is 0 Å². The summed E-state index contributed by atoms with van der Waals surface area (Å²) in [5, 5.41) is 0.132. The van der Waals surface area contributed by atoms with Gasteiger partial charge in [-0.25, -0.2) is 9.37 Å². The zero-order chi connectivity index (χ0) is 27.5. The van der Waals surface area contributed by atoms with Crippen molar-refractivity contribution >= 4 is 47.4 Å². The summed E-state index contributed by atoms with van der Waals surface area (Å²) < 4.78 is 26.1. The van der Waals surface area contributed by atoms with E-state index in [4.69, 9.17) is 36.0 Å². The second-order valence-electron chi connectivity index (χ2n) is 10.4. The van der Waals surface area contributed by atoms with Crippen molar-refractivity contribution in [3.8, 4) is 11.5 Å². The highest BCUT2D eigenvalue weighted by molar-refractivity contribution is 6.88. The largest absolute Gasteiger partial charge is 0.494 e. The number of hydrogen-bond acceptors (Lipinski definition) is 5. The Morgan fingerprint density at radius 2 is 2.08 bits per heavy atom. The molecule has 1 aliphatic heterocycles. The molecular weight excluding hydrogens is 512 g/mol. The van der Waals surface area contributed by atoms with E-state index in [0.29, 0.717) is 48.9 Å². The average molecular weight is 547 g/mol. The van der Waals surface area contributed by atoms with Gasteiger partial charge in [0.05, 0.1) is 24.4 Å². The van der Waals surface area contributed by atoms with E-state index in [2.05, 4.69) is 26.3 Å². The zero-order valence-electron chi connectivity index (χ0n) is 23.2. The van der Waals surface area contributed by atoms with Gasteiger partial charge in [-0.05, 0) is 74.3 Å². The molecule has 0 N–H and O–H groups in total. The van der Waals surface area contributed by atoms with E-state index < -0.39 is 0 Å². The molecule has 2 heterocycles. The number of rotatable bonds is 11. The van der Waals surface area contributed by atoms with Crippen LogP contribution in [0.4, 0.5) is 10.1 Å². The quantitative estimate of drug-likeness (QED) is 0.222. The molecule has 0 spiro atoms. The lowest BCUT2D eigenvalue weighted by Crippen LogP contribution is -2.20. The minimum Gasteiger partial charge on any atom is -0.494 e. The van der Waals surface area contributed by atoms with Crippen molar-refractivity contribution in [3.05, 3.63) is 57.6 Å². The van der Waals surface area contributed by atoms with Crippen LogP contribution in [0.1, 0.15) is 80.8 Å². The van der Waals surface area contributed by atoms with E-state index in [0.717, 1.165) is 52.2 Å². The van der Waals surface area contributed by atoms with Crippen molar-refractivity contribution in [2.75, 3.05) is 20.3 Å². The molecule has 1 atom stereocenters. The van der Waals surface area contributed by atoms with Crippen LogP contribution in [0.15, 0.2) is 45.1 Å². The molecular formula is C31H35BClFN3O2. The van der Waals surface area contributed by atoms with Gasteiger partial charge in [-0.1, -0.05) is 42.6 Å². The smallest absolute Gasteiger partial charge is 0.214 e. The van der Waals surface area contributed by atoms with Crippen molar-refractivity contribution in [2.45, 2.75) is 65.2 Å². The third kappa shape index (κ3) is 5.98. The maximum atomic E-state index is 14.4. The Hall–Kier alpha value is -2.93. The summed E-state index contributed by atoms with van der Waals surface area (Å²) in [6, 6.07) is 6.21. The van der Waals surface area contributed by atoms with Crippen molar-refractivity contribution < 1.29 is 13.9 Å². The Morgan fingerprint density at radius 3 is 2.79 bits per heavy atom. The number of aryl methyl sites for hydroxylation is 1. The summed E-state index contributed by atoms with van der Waals surface area (Å²) in [5.41, 5.74) is 7.27. The maximum absolute atomic E-state index is 14.4. The van der Waals surface area contributed by atoms with Crippen molar-refractivity contribution in [1.82, 2.24) is 4.98 Å². The lowest BCUT2D eigenvalue weighted by molar-refractivity contribution is 0.335. The van der Waals surface area contributed by atoms with Gasteiger partial charge in [0.25, 0.3) is 0 Å². The zero-order valence-corrected chi connectivity index (χ0v) is 23.9. The van der Waals surface area contributed by atoms with Gasteiger partial charge in [-0.15, -0.1) is 0 Å². The average Bonchev–Trinajstić information content (AvgIpc) is 3.69. The molecule has 0 saturated heterocycles. The van der Waals surface area contributed by atoms with Gasteiger partial charge in [0.15, 0.2) is 0 Å². The number of nitrogens with zero attached hydrogens (tertiary/aromatic N) is 3. The standard InChI is InChI=1S/C31H35BClFN3O2/c1-5-8-21(17-35-16-19-14-23-29(26(15-19)38-4)37-31(32-23)20-11-12-20)25-13-18(3)30(39-6-2)28(36-25)22-9-7-10-24(34)27(22)33/h9,13-16,20-21H,5-8,10-12,17H2,1-4H3. The molecule has 0 amide bonds. The SMILES string of the molecule is CCCC(CN=Cc1cc2c(c(OC)c1)N=C(C1CC1)[B]2)c1cc(C)c(OCC)c(C2=CCCC(F)=C2Cl)n1. The van der Waals surface area contributed by atoms with Crippen LogP contribution in [-0.4, -0.2) is 44.4 Å². The predicted molar refractivity (Wildman–Crippen MR) is 160 cm³/mol. The van der Waals surface area contributed by atoms with Gasteiger partial charge in [0.1, 0.15) is 23.0 Å². The molecule has 2 aromatic rings. The first-order chi connectivity index (χ1) is 18.9. The Balaban J connectivity index is 1.41. The first kappa shape index (κ1) is 27.6. The fourth-order valence-electron chi connectivity index (χ4n) is 5.28. The van der Waals surface area contributed by atoms with E-state index in [-0.39, 0.29) is 16.8 Å². The highest BCUT2D eigenvalue weighted by atomic mass is 35.5. The van der Waals surface area contributed by atoms with Gasteiger partial charge in [-0.2, -0.15) is 0 Å². The fourth-order valence-corrected chi connectivity index (χ4v) is 5.54. The first-order valence-electron chi connectivity index (χ1n) is 14.0. The third-order valence-corrected chi connectivity index (χ3v) is 7.83. The molecule has 5 nitrogen and oxygen atoms in total. The summed E-state index contributed by atoms with van der Waals surface area (Å²) in [4.78, 5) is 14.7. The van der Waals surface area contributed by atoms with Gasteiger partial charge in [-0.3, -0.25) is 9.98 Å². The van der Waals surface area contributed by atoms with E-state index in [1.54, 1.807) is 7.11 Å². The lowest BCUT2D eigenvalue weighted by Gasteiger charge is -2.21. The first-order valence-corrected chi connectivity index (χ1v) is 14.4. The number of aromatic nitrogens is 1. The molecule has 39 heavy (non-hydrogen) atoms. The van der Waals surface area contributed by atoms with Crippen LogP contribution in [0.2, 0.25) is 0 Å². The van der Waals surface area contributed by atoms with Crippen LogP contribution in [0.25, 0.3) is 5.57 Å². The van der Waals surface area contributed by atoms with E-state index in [9.17, 15) is 4.39 Å². The Morgan fingerprint density at radius 1 is 1.26 bits per heavy atom. The molecule has 0 bridgehead atoms. The highest BCUT2D eigenvalue weighted by Gasteiger charge is 2.32. The van der Waals surface area contributed by atoms with Gasteiger partial charge < -0.3 is 9.47 Å².